The molecule has 3 N–H and O–H groups in total. The molecule has 2 atom stereocenters. The third-order valence-electron chi connectivity index (χ3n) is 3.26. The second-order valence-electron chi connectivity index (χ2n) is 4.70. The summed E-state index contributed by atoms with van der Waals surface area (Å²) in [6, 6.07) is 8.64. The summed E-state index contributed by atoms with van der Waals surface area (Å²) in [7, 11) is 0. The van der Waals surface area contributed by atoms with Crippen LogP contribution >= 0.6 is 0 Å². The smallest absolute Gasteiger partial charge is 0.0576 e. The normalized spacial score (nSPS) is 26.2. The molecule has 15 heavy (non-hydrogen) atoms. The largest absolute Gasteiger partial charge is 0.397 e. The summed E-state index contributed by atoms with van der Waals surface area (Å²) in [5.74, 6) is 0.848. The summed E-state index contributed by atoms with van der Waals surface area (Å²) in [4.78, 5) is 0. The first-order chi connectivity index (χ1) is 7.25. The van der Waals surface area contributed by atoms with Crippen molar-refractivity contribution in [3.05, 3.63) is 24.3 Å². The van der Waals surface area contributed by atoms with Crippen molar-refractivity contribution in [2.24, 2.45) is 5.92 Å². The topological polar surface area (TPSA) is 38.0 Å². The molecule has 82 valence electrons. The number of benzene rings is 1. The third kappa shape index (κ3) is 2.65. The molecule has 0 aromatic heterocycles. The zero-order valence-electron chi connectivity index (χ0n) is 9.37. The summed E-state index contributed by atoms with van der Waals surface area (Å²) in [6.45, 7) is 2.34. The molecule has 0 amide bonds. The Bertz CT molecular complexity index is 322. The van der Waals surface area contributed by atoms with Crippen LogP contribution < -0.4 is 11.1 Å². The second-order valence-corrected chi connectivity index (χ2v) is 4.70. The average molecular weight is 204 g/mol. The van der Waals surface area contributed by atoms with Gasteiger partial charge in [-0.1, -0.05) is 31.9 Å². The molecule has 0 saturated heterocycles. The first kappa shape index (κ1) is 10.3. The number of hydrogen-bond donors (Lipinski definition) is 2. The first-order valence-corrected chi connectivity index (χ1v) is 5.87. The SMILES string of the molecule is C[C@H]1CCC[C@@H](Nc2ccccc2N)C1. The van der Waals surface area contributed by atoms with Gasteiger partial charge < -0.3 is 11.1 Å². The average Bonchev–Trinajstić information content (AvgIpc) is 2.22. The molecule has 1 saturated carbocycles. The van der Waals surface area contributed by atoms with E-state index in [2.05, 4.69) is 18.3 Å². The van der Waals surface area contributed by atoms with Crippen molar-refractivity contribution in [2.45, 2.75) is 38.6 Å². The van der Waals surface area contributed by atoms with E-state index in [0.717, 1.165) is 17.3 Å². The predicted molar refractivity (Wildman–Crippen MR) is 65.9 cm³/mol. The number of nitrogens with one attached hydrogen (secondary N) is 1. The van der Waals surface area contributed by atoms with Gasteiger partial charge in [-0.2, -0.15) is 0 Å². The van der Waals surface area contributed by atoms with Gasteiger partial charge in [0.25, 0.3) is 0 Å². The summed E-state index contributed by atoms with van der Waals surface area (Å²) in [6.07, 6.45) is 5.26. The summed E-state index contributed by atoms with van der Waals surface area (Å²) in [5, 5.41) is 3.55. The summed E-state index contributed by atoms with van der Waals surface area (Å²) < 4.78 is 0. The van der Waals surface area contributed by atoms with E-state index >= 15 is 0 Å². The molecule has 2 nitrogen and oxygen atoms in total. The predicted octanol–water partition coefficient (Wildman–Crippen LogP) is 3.26. The molecule has 1 aliphatic rings. The monoisotopic (exact) mass is 204 g/mol. The number of anilines is 2. The minimum absolute atomic E-state index is 0.610. The molecule has 0 radical (unpaired) electrons. The standard InChI is InChI=1S/C13H20N2/c1-10-5-4-6-11(9-10)15-13-8-3-2-7-12(13)14/h2-3,7-8,10-11,15H,4-6,9,14H2,1H3/t10-,11+/m0/s1. The number of para-hydroxylation sites is 2. The highest BCUT2D eigenvalue weighted by atomic mass is 14.9. The number of hydrogen-bond acceptors (Lipinski definition) is 2. The van der Waals surface area contributed by atoms with Crippen LogP contribution in [0.25, 0.3) is 0 Å². The molecule has 1 aliphatic carbocycles. The molecular formula is C13H20N2. The minimum Gasteiger partial charge on any atom is -0.397 e. The molecule has 0 bridgehead atoms. The van der Waals surface area contributed by atoms with E-state index in [1.807, 2.05) is 18.2 Å². The van der Waals surface area contributed by atoms with Gasteiger partial charge in [0.2, 0.25) is 0 Å². The lowest BCUT2D eigenvalue weighted by molar-refractivity contribution is 0.359. The fourth-order valence-corrected chi connectivity index (χ4v) is 2.41. The molecule has 1 aromatic carbocycles. The van der Waals surface area contributed by atoms with E-state index in [1.54, 1.807) is 0 Å². The van der Waals surface area contributed by atoms with Crippen molar-refractivity contribution < 1.29 is 0 Å². The molecule has 0 aliphatic heterocycles. The molecule has 2 rings (SSSR count). The zero-order chi connectivity index (χ0) is 10.7. The Hall–Kier alpha value is -1.18. The van der Waals surface area contributed by atoms with Gasteiger partial charge in [-0.05, 0) is 30.9 Å². The maximum atomic E-state index is 5.91. The van der Waals surface area contributed by atoms with Crippen LogP contribution in [0, 0.1) is 5.92 Å². The van der Waals surface area contributed by atoms with E-state index in [1.165, 1.54) is 25.7 Å². The van der Waals surface area contributed by atoms with E-state index in [9.17, 15) is 0 Å². The van der Waals surface area contributed by atoms with Crippen LogP contribution in [-0.4, -0.2) is 6.04 Å². The Balaban J connectivity index is 1.99. The number of nitrogens with two attached hydrogens (primary N) is 1. The maximum Gasteiger partial charge on any atom is 0.0576 e. The van der Waals surface area contributed by atoms with E-state index in [0.29, 0.717) is 6.04 Å². The van der Waals surface area contributed by atoms with Crippen molar-refractivity contribution in [1.29, 1.82) is 0 Å². The van der Waals surface area contributed by atoms with Crippen molar-refractivity contribution in [3.63, 3.8) is 0 Å². The van der Waals surface area contributed by atoms with Gasteiger partial charge in [-0.3, -0.25) is 0 Å². The number of nitrogen functional groups attached to an aromatic ring is 1. The highest BCUT2D eigenvalue weighted by Gasteiger charge is 2.18. The third-order valence-corrected chi connectivity index (χ3v) is 3.26. The molecule has 0 spiro atoms. The molecular weight excluding hydrogens is 184 g/mol. The first-order valence-electron chi connectivity index (χ1n) is 5.87. The van der Waals surface area contributed by atoms with Crippen LogP contribution in [0.2, 0.25) is 0 Å². The van der Waals surface area contributed by atoms with Crippen molar-refractivity contribution in [3.8, 4) is 0 Å². The molecule has 0 heterocycles. The Kier molecular flexibility index (Phi) is 3.14. The highest BCUT2D eigenvalue weighted by Crippen LogP contribution is 2.27. The highest BCUT2D eigenvalue weighted by molar-refractivity contribution is 5.65. The molecule has 1 aromatic rings. The van der Waals surface area contributed by atoms with Gasteiger partial charge in [0, 0.05) is 6.04 Å². The summed E-state index contributed by atoms with van der Waals surface area (Å²) >= 11 is 0. The fraction of sp³-hybridized carbons (Fsp3) is 0.538. The maximum absolute atomic E-state index is 5.91. The molecule has 2 heteroatoms. The van der Waals surface area contributed by atoms with Crippen LogP contribution in [0.4, 0.5) is 11.4 Å². The lowest BCUT2D eigenvalue weighted by atomic mass is 9.87. The Morgan fingerprint density at radius 3 is 2.80 bits per heavy atom. The van der Waals surface area contributed by atoms with Gasteiger partial charge in [0.1, 0.15) is 0 Å². The quantitative estimate of drug-likeness (QED) is 0.726. The van der Waals surface area contributed by atoms with Crippen molar-refractivity contribution >= 4 is 11.4 Å². The van der Waals surface area contributed by atoms with Crippen LogP contribution in [0.15, 0.2) is 24.3 Å². The van der Waals surface area contributed by atoms with Gasteiger partial charge >= 0.3 is 0 Å². The van der Waals surface area contributed by atoms with Crippen LogP contribution in [0.1, 0.15) is 32.6 Å². The lowest BCUT2D eigenvalue weighted by Gasteiger charge is -2.28. The van der Waals surface area contributed by atoms with Gasteiger partial charge in [-0.25, -0.2) is 0 Å². The molecule has 0 unspecified atom stereocenters. The van der Waals surface area contributed by atoms with Crippen molar-refractivity contribution in [1.82, 2.24) is 0 Å². The lowest BCUT2D eigenvalue weighted by Crippen LogP contribution is -2.26. The van der Waals surface area contributed by atoms with Crippen molar-refractivity contribution in [2.75, 3.05) is 11.1 Å². The van der Waals surface area contributed by atoms with Crippen LogP contribution in [0.3, 0.4) is 0 Å². The zero-order valence-corrected chi connectivity index (χ0v) is 9.37. The van der Waals surface area contributed by atoms with E-state index < -0.39 is 0 Å². The number of rotatable bonds is 2. The Morgan fingerprint density at radius 1 is 1.27 bits per heavy atom. The van der Waals surface area contributed by atoms with Gasteiger partial charge in [0.05, 0.1) is 11.4 Å². The van der Waals surface area contributed by atoms with Gasteiger partial charge in [0.15, 0.2) is 0 Å². The fourth-order valence-electron chi connectivity index (χ4n) is 2.41. The van der Waals surface area contributed by atoms with Crippen LogP contribution in [-0.2, 0) is 0 Å². The summed E-state index contributed by atoms with van der Waals surface area (Å²) in [5.41, 5.74) is 7.86. The van der Waals surface area contributed by atoms with E-state index in [4.69, 9.17) is 5.73 Å². The van der Waals surface area contributed by atoms with Crippen LogP contribution in [0.5, 0.6) is 0 Å². The Labute approximate surface area is 91.9 Å². The Morgan fingerprint density at radius 2 is 2.07 bits per heavy atom. The van der Waals surface area contributed by atoms with E-state index in [-0.39, 0.29) is 0 Å². The van der Waals surface area contributed by atoms with Gasteiger partial charge in [-0.15, -0.1) is 0 Å². The molecule has 1 fully saturated rings. The second kappa shape index (κ2) is 4.56. The minimum atomic E-state index is 0.610.